The summed E-state index contributed by atoms with van der Waals surface area (Å²) in [5.41, 5.74) is 1.36. The first-order valence-electron chi connectivity index (χ1n) is 6.81. The highest BCUT2D eigenvalue weighted by Gasteiger charge is 2.32. The van der Waals surface area contributed by atoms with Gasteiger partial charge in [-0.15, -0.1) is 0 Å². The van der Waals surface area contributed by atoms with E-state index in [9.17, 15) is 9.18 Å². The van der Waals surface area contributed by atoms with Crippen molar-refractivity contribution in [3.05, 3.63) is 52.6 Å². The van der Waals surface area contributed by atoms with Gasteiger partial charge in [-0.25, -0.2) is 4.39 Å². The Morgan fingerprint density at radius 1 is 1.48 bits per heavy atom. The van der Waals surface area contributed by atoms with Crippen molar-refractivity contribution in [2.24, 2.45) is 7.05 Å². The monoisotopic (exact) mass is 307 g/mol. The molecule has 0 spiro atoms. The molecule has 1 atom stereocenters. The van der Waals surface area contributed by atoms with E-state index < -0.39 is 5.82 Å². The second-order valence-corrected chi connectivity index (χ2v) is 5.64. The van der Waals surface area contributed by atoms with Crippen molar-refractivity contribution in [2.45, 2.75) is 18.9 Å². The number of rotatable bonds is 2. The maximum Gasteiger partial charge on any atom is 0.255 e. The van der Waals surface area contributed by atoms with Gasteiger partial charge in [0.05, 0.1) is 22.8 Å². The molecule has 110 valence electrons. The third kappa shape index (κ3) is 2.65. The summed E-state index contributed by atoms with van der Waals surface area (Å²) in [5, 5.41) is 4.31. The molecule has 1 aromatic heterocycles. The summed E-state index contributed by atoms with van der Waals surface area (Å²) in [6, 6.07) is 3.88. The van der Waals surface area contributed by atoms with Crippen LogP contribution in [0.1, 0.15) is 34.8 Å². The molecule has 1 aliphatic heterocycles. The molecule has 0 bridgehead atoms. The lowest BCUT2D eigenvalue weighted by atomic mass is 10.1. The van der Waals surface area contributed by atoms with E-state index >= 15 is 0 Å². The molecule has 4 nitrogen and oxygen atoms in total. The second-order valence-electron chi connectivity index (χ2n) is 5.23. The first-order chi connectivity index (χ1) is 10.1. The van der Waals surface area contributed by atoms with Gasteiger partial charge in [0, 0.05) is 25.4 Å². The van der Waals surface area contributed by atoms with Crippen LogP contribution in [0, 0.1) is 5.82 Å². The van der Waals surface area contributed by atoms with Gasteiger partial charge in [-0.2, -0.15) is 5.10 Å². The largest absolute Gasteiger partial charge is 0.331 e. The summed E-state index contributed by atoms with van der Waals surface area (Å²) in [4.78, 5) is 14.4. The van der Waals surface area contributed by atoms with E-state index in [4.69, 9.17) is 11.6 Å². The van der Waals surface area contributed by atoms with Gasteiger partial charge in [0.15, 0.2) is 0 Å². The number of carbonyl (C=O) groups excluding carboxylic acids is 1. The van der Waals surface area contributed by atoms with Crippen molar-refractivity contribution >= 4 is 17.5 Å². The fraction of sp³-hybridized carbons (Fsp3) is 0.333. The fourth-order valence-electron chi connectivity index (χ4n) is 2.79. The Kier molecular flexibility index (Phi) is 3.68. The number of amides is 1. The van der Waals surface area contributed by atoms with E-state index in [-0.39, 0.29) is 17.0 Å². The molecule has 0 N–H and O–H groups in total. The summed E-state index contributed by atoms with van der Waals surface area (Å²) in [5.74, 6) is -0.604. The van der Waals surface area contributed by atoms with E-state index in [1.807, 2.05) is 13.2 Å². The highest BCUT2D eigenvalue weighted by Crippen LogP contribution is 2.33. The van der Waals surface area contributed by atoms with Gasteiger partial charge < -0.3 is 4.90 Å². The van der Waals surface area contributed by atoms with Gasteiger partial charge in [-0.05, 0) is 31.0 Å². The van der Waals surface area contributed by atoms with E-state index in [0.29, 0.717) is 12.1 Å². The normalized spacial score (nSPS) is 18.2. The second kappa shape index (κ2) is 5.48. The molecular formula is C15H15ClFN3O. The van der Waals surface area contributed by atoms with Gasteiger partial charge in [-0.1, -0.05) is 11.6 Å². The molecule has 6 heteroatoms. The Labute approximate surface area is 127 Å². The Morgan fingerprint density at radius 3 is 2.95 bits per heavy atom. The zero-order chi connectivity index (χ0) is 15.0. The highest BCUT2D eigenvalue weighted by molar-refractivity contribution is 6.33. The molecule has 1 amide bonds. The molecule has 0 aliphatic carbocycles. The first kappa shape index (κ1) is 14.1. The van der Waals surface area contributed by atoms with Crippen LogP contribution in [0.25, 0.3) is 0 Å². The van der Waals surface area contributed by atoms with E-state index in [1.165, 1.54) is 18.2 Å². The number of benzene rings is 1. The number of likely N-dealkylation sites (tertiary alicyclic amines) is 1. The van der Waals surface area contributed by atoms with Crippen molar-refractivity contribution in [1.82, 2.24) is 14.7 Å². The quantitative estimate of drug-likeness (QED) is 0.854. The standard InChI is InChI=1S/C15H15ClFN3O/c1-19-9-10(8-18-19)14-3-2-6-20(14)15(21)12-5-4-11(17)7-13(12)16/h4-5,7-9,14H,2-3,6H2,1H3/t14-/m1/s1. The molecule has 1 aromatic carbocycles. The lowest BCUT2D eigenvalue weighted by Gasteiger charge is -2.24. The van der Waals surface area contributed by atoms with E-state index in [2.05, 4.69) is 5.10 Å². The van der Waals surface area contributed by atoms with Crippen LogP contribution in [0.3, 0.4) is 0 Å². The van der Waals surface area contributed by atoms with Gasteiger partial charge in [0.1, 0.15) is 5.82 Å². The number of halogens is 2. The molecule has 3 rings (SSSR count). The predicted molar refractivity (Wildman–Crippen MR) is 77.6 cm³/mol. The number of hydrogen-bond donors (Lipinski definition) is 0. The number of aromatic nitrogens is 2. The summed E-state index contributed by atoms with van der Waals surface area (Å²) in [6.07, 6.45) is 5.53. The zero-order valence-electron chi connectivity index (χ0n) is 11.6. The SMILES string of the molecule is Cn1cc([C@H]2CCCN2C(=O)c2ccc(F)cc2Cl)cn1. The lowest BCUT2D eigenvalue weighted by Crippen LogP contribution is -2.30. The highest BCUT2D eigenvalue weighted by atomic mass is 35.5. The maximum atomic E-state index is 13.1. The summed E-state index contributed by atoms with van der Waals surface area (Å²) in [6.45, 7) is 0.673. The van der Waals surface area contributed by atoms with Crippen LogP contribution >= 0.6 is 11.6 Å². The van der Waals surface area contributed by atoms with Gasteiger partial charge in [0.25, 0.3) is 5.91 Å². The number of aryl methyl sites for hydroxylation is 1. The molecular weight excluding hydrogens is 293 g/mol. The van der Waals surface area contributed by atoms with Crippen molar-refractivity contribution in [2.75, 3.05) is 6.54 Å². The lowest BCUT2D eigenvalue weighted by molar-refractivity contribution is 0.0736. The minimum absolute atomic E-state index is 0.00678. The molecule has 0 unspecified atom stereocenters. The Bertz CT molecular complexity index is 685. The van der Waals surface area contributed by atoms with Crippen molar-refractivity contribution in [3.8, 4) is 0 Å². The van der Waals surface area contributed by atoms with Crippen LogP contribution in [-0.2, 0) is 7.05 Å². The average molecular weight is 308 g/mol. The summed E-state index contributed by atoms with van der Waals surface area (Å²) in [7, 11) is 1.85. The molecule has 1 aliphatic rings. The molecule has 0 radical (unpaired) electrons. The van der Waals surface area contributed by atoms with Crippen molar-refractivity contribution in [3.63, 3.8) is 0 Å². The third-order valence-corrected chi connectivity index (χ3v) is 4.10. The molecule has 2 aromatic rings. The molecule has 2 heterocycles. The Hall–Kier alpha value is -1.88. The Balaban J connectivity index is 1.89. The number of nitrogens with zero attached hydrogens (tertiary/aromatic N) is 3. The van der Waals surface area contributed by atoms with Crippen LogP contribution < -0.4 is 0 Å². The van der Waals surface area contributed by atoms with Gasteiger partial charge in [0.2, 0.25) is 0 Å². The zero-order valence-corrected chi connectivity index (χ0v) is 12.3. The average Bonchev–Trinajstić information content (AvgIpc) is 3.06. The van der Waals surface area contributed by atoms with Crippen molar-refractivity contribution < 1.29 is 9.18 Å². The number of hydrogen-bond acceptors (Lipinski definition) is 2. The third-order valence-electron chi connectivity index (χ3n) is 3.78. The van der Waals surface area contributed by atoms with Crippen LogP contribution in [0.5, 0.6) is 0 Å². The minimum Gasteiger partial charge on any atom is -0.331 e. The number of carbonyl (C=O) groups is 1. The van der Waals surface area contributed by atoms with Crippen molar-refractivity contribution in [1.29, 1.82) is 0 Å². The predicted octanol–water partition coefficient (Wildman–Crippen LogP) is 3.19. The van der Waals surface area contributed by atoms with Gasteiger partial charge >= 0.3 is 0 Å². The summed E-state index contributed by atoms with van der Waals surface area (Å²) < 4.78 is 14.8. The van der Waals surface area contributed by atoms with Crippen LogP contribution in [0.2, 0.25) is 5.02 Å². The molecule has 1 saturated heterocycles. The van der Waals surface area contributed by atoms with Crippen LogP contribution in [0.15, 0.2) is 30.6 Å². The maximum absolute atomic E-state index is 13.1. The van der Waals surface area contributed by atoms with Crippen LogP contribution in [0.4, 0.5) is 4.39 Å². The van der Waals surface area contributed by atoms with Gasteiger partial charge in [-0.3, -0.25) is 9.48 Å². The molecule has 1 fully saturated rings. The first-order valence-corrected chi connectivity index (χ1v) is 7.18. The smallest absolute Gasteiger partial charge is 0.255 e. The molecule has 0 saturated carbocycles. The van der Waals surface area contributed by atoms with E-state index in [0.717, 1.165) is 18.4 Å². The van der Waals surface area contributed by atoms with E-state index in [1.54, 1.807) is 15.8 Å². The minimum atomic E-state index is -0.443. The topological polar surface area (TPSA) is 38.1 Å². The summed E-state index contributed by atoms with van der Waals surface area (Å²) >= 11 is 6.00. The fourth-order valence-corrected chi connectivity index (χ4v) is 3.03. The van der Waals surface area contributed by atoms with Crippen LogP contribution in [-0.4, -0.2) is 27.1 Å². The molecule has 21 heavy (non-hydrogen) atoms. The Morgan fingerprint density at radius 2 is 2.29 bits per heavy atom.